The number of anilines is 2. The third-order valence-electron chi connectivity index (χ3n) is 3.98. The minimum atomic E-state index is -3.62. The van der Waals surface area contributed by atoms with Crippen LogP contribution in [0, 0.1) is 20.8 Å². The fraction of sp³-hybridized carbons (Fsp3) is 0.444. The Morgan fingerprint density at radius 1 is 1.04 bits per heavy atom. The number of aromatic nitrogens is 2. The number of methoxy groups -OCH3 is 1. The number of nitrogens with one attached hydrogen (secondary N) is 2. The van der Waals surface area contributed by atoms with Crippen LogP contribution in [0.25, 0.3) is 0 Å². The lowest BCUT2D eigenvalue weighted by Crippen LogP contribution is -2.30. The zero-order chi connectivity index (χ0) is 20.2. The highest BCUT2D eigenvalue weighted by Gasteiger charge is 2.18. The highest BCUT2D eigenvalue weighted by atomic mass is 32.2. The normalized spacial score (nSPS) is 11.3. The first kappa shape index (κ1) is 20.9. The second-order valence-electron chi connectivity index (χ2n) is 6.50. The molecule has 0 atom stereocenters. The second-order valence-corrected chi connectivity index (χ2v) is 8.23. The predicted octanol–water partition coefficient (Wildman–Crippen LogP) is 1.87. The summed E-state index contributed by atoms with van der Waals surface area (Å²) in [5, 5.41) is 3.05. The molecule has 9 heteroatoms. The molecule has 0 amide bonds. The summed E-state index contributed by atoms with van der Waals surface area (Å²) >= 11 is 0. The molecule has 0 aliphatic rings. The van der Waals surface area contributed by atoms with Crippen LogP contribution >= 0.6 is 0 Å². The van der Waals surface area contributed by atoms with Gasteiger partial charge in [0.15, 0.2) is 0 Å². The Morgan fingerprint density at radius 3 is 2.37 bits per heavy atom. The van der Waals surface area contributed by atoms with Gasteiger partial charge in [0.25, 0.3) is 0 Å². The van der Waals surface area contributed by atoms with Crippen LogP contribution in [0.4, 0.5) is 11.8 Å². The average Bonchev–Trinajstić information content (AvgIpc) is 2.59. The predicted molar refractivity (Wildman–Crippen MR) is 107 cm³/mol. The second kappa shape index (κ2) is 8.53. The van der Waals surface area contributed by atoms with Gasteiger partial charge in [-0.2, -0.15) is 4.98 Å². The Labute approximate surface area is 161 Å². The molecule has 2 aromatic rings. The SMILES string of the molecule is COc1cc(C)c(S(=O)(=O)NCCNc2nc(C)cc(N(C)C)n2)cc1C. The molecule has 2 N–H and O–H groups in total. The molecule has 0 bridgehead atoms. The van der Waals surface area contributed by atoms with Crippen molar-refractivity contribution in [2.24, 2.45) is 0 Å². The first-order chi connectivity index (χ1) is 12.6. The maximum Gasteiger partial charge on any atom is 0.240 e. The van der Waals surface area contributed by atoms with Crippen LogP contribution in [0.15, 0.2) is 23.1 Å². The lowest BCUT2D eigenvalue weighted by Gasteiger charge is -2.14. The number of hydrogen-bond donors (Lipinski definition) is 2. The van der Waals surface area contributed by atoms with Gasteiger partial charge in [0.05, 0.1) is 12.0 Å². The van der Waals surface area contributed by atoms with E-state index in [1.165, 1.54) is 0 Å². The van der Waals surface area contributed by atoms with Crippen molar-refractivity contribution in [3.8, 4) is 5.75 Å². The minimum absolute atomic E-state index is 0.210. The lowest BCUT2D eigenvalue weighted by atomic mass is 10.1. The van der Waals surface area contributed by atoms with E-state index < -0.39 is 10.0 Å². The summed E-state index contributed by atoms with van der Waals surface area (Å²) in [6.45, 7) is 6.02. The molecule has 1 aromatic heterocycles. The van der Waals surface area contributed by atoms with Crippen LogP contribution < -0.4 is 19.7 Å². The van der Waals surface area contributed by atoms with Gasteiger partial charge in [0.1, 0.15) is 11.6 Å². The summed E-state index contributed by atoms with van der Waals surface area (Å²) in [7, 11) is 1.75. The zero-order valence-electron chi connectivity index (χ0n) is 16.6. The van der Waals surface area contributed by atoms with Crippen molar-refractivity contribution in [3.05, 3.63) is 35.0 Å². The van der Waals surface area contributed by atoms with Crippen LogP contribution in [-0.4, -0.2) is 52.7 Å². The molecule has 0 fully saturated rings. The molecule has 0 aliphatic heterocycles. The number of hydrogen-bond acceptors (Lipinski definition) is 7. The summed E-state index contributed by atoms with van der Waals surface area (Å²) in [6, 6.07) is 5.23. The fourth-order valence-corrected chi connectivity index (χ4v) is 3.91. The fourth-order valence-electron chi connectivity index (χ4n) is 2.57. The lowest BCUT2D eigenvalue weighted by molar-refractivity contribution is 0.411. The van der Waals surface area contributed by atoms with Gasteiger partial charge in [-0.15, -0.1) is 0 Å². The number of nitrogens with zero attached hydrogens (tertiary/aromatic N) is 3. The number of aryl methyl sites for hydroxylation is 3. The largest absolute Gasteiger partial charge is 0.496 e. The number of ether oxygens (including phenoxy) is 1. The van der Waals surface area contributed by atoms with Gasteiger partial charge in [-0.1, -0.05) is 0 Å². The van der Waals surface area contributed by atoms with E-state index in [1.54, 1.807) is 26.2 Å². The van der Waals surface area contributed by atoms with E-state index in [-0.39, 0.29) is 11.4 Å². The van der Waals surface area contributed by atoms with Gasteiger partial charge in [-0.05, 0) is 44.0 Å². The van der Waals surface area contributed by atoms with Crippen molar-refractivity contribution in [3.63, 3.8) is 0 Å². The first-order valence-corrected chi connectivity index (χ1v) is 10.0. The smallest absolute Gasteiger partial charge is 0.240 e. The zero-order valence-corrected chi connectivity index (χ0v) is 17.4. The number of sulfonamides is 1. The Morgan fingerprint density at radius 2 is 1.74 bits per heavy atom. The van der Waals surface area contributed by atoms with Gasteiger partial charge in [0, 0.05) is 38.9 Å². The summed E-state index contributed by atoms with van der Waals surface area (Å²) in [6.07, 6.45) is 0. The third-order valence-corrected chi connectivity index (χ3v) is 5.58. The molecular formula is C18H27N5O3S. The van der Waals surface area contributed by atoms with Crippen molar-refractivity contribution in [2.45, 2.75) is 25.7 Å². The van der Waals surface area contributed by atoms with Crippen LogP contribution in [0.2, 0.25) is 0 Å². The maximum absolute atomic E-state index is 12.6. The molecule has 27 heavy (non-hydrogen) atoms. The number of rotatable bonds is 8. The van der Waals surface area contributed by atoms with Crippen LogP contribution in [0.3, 0.4) is 0 Å². The van der Waals surface area contributed by atoms with Crippen LogP contribution in [0.1, 0.15) is 16.8 Å². The molecule has 0 saturated carbocycles. The molecule has 0 radical (unpaired) electrons. The topological polar surface area (TPSA) is 96.5 Å². The Balaban J connectivity index is 2.02. The van der Waals surface area contributed by atoms with Gasteiger partial charge in [-0.25, -0.2) is 18.1 Å². The average molecular weight is 394 g/mol. The van der Waals surface area contributed by atoms with Gasteiger partial charge < -0.3 is 15.0 Å². The first-order valence-electron chi connectivity index (χ1n) is 8.56. The molecule has 0 aliphatic carbocycles. The van der Waals surface area contributed by atoms with E-state index in [1.807, 2.05) is 38.9 Å². The van der Waals surface area contributed by atoms with E-state index in [0.29, 0.717) is 23.8 Å². The molecule has 1 aromatic carbocycles. The third kappa shape index (κ3) is 5.30. The van der Waals surface area contributed by atoms with Crippen molar-refractivity contribution >= 4 is 21.8 Å². The van der Waals surface area contributed by atoms with E-state index in [9.17, 15) is 8.42 Å². The summed E-state index contributed by atoms with van der Waals surface area (Å²) in [5.41, 5.74) is 2.24. The minimum Gasteiger partial charge on any atom is -0.496 e. The Kier molecular flexibility index (Phi) is 6.61. The monoisotopic (exact) mass is 393 g/mol. The molecule has 148 valence electrons. The van der Waals surface area contributed by atoms with Gasteiger partial charge >= 0.3 is 0 Å². The quantitative estimate of drug-likeness (QED) is 0.661. The molecule has 2 rings (SSSR count). The Bertz CT molecular complexity index is 913. The maximum atomic E-state index is 12.6. The highest BCUT2D eigenvalue weighted by molar-refractivity contribution is 7.89. The van der Waals surface area contributed by atoms with E-state index in [4.69, 9.17) is 4.74 Å². The Hall–Kier alpha value is -2.39. The number of benzene rings is 1. The van der Waals surface area contributed by atoms with E-state index >= 15 is 0 Å². The molecule has 1 heterocycles. The van der Waals surface area contributed by atoms with E-state index in [0.717, 1.165) is 17.1 Å². The van der Waals surface area contributed by atoms with Gasteiger partial charge in [-0.3, -0.25) is 0 Å². The van der Waals surface area contributed by atoms with Crippen molar-refractivity contribution in [1.29, 1.82) is 0 Å². The summed E-state index contributed by atoms with van der Waals surface area (Å²) in [4.78, 5) is 10.8. The molecular weight excluding hydrogens is 366 g/mol. The summed E-state index contributed by atoms with van der Waals surface area (Å²) in [5.74, 6) is 1.92. The molecule has 0 spiro atoms. The van der Waals surface area contributed by atoms with Crippen molar-refractivity contribution < 1.29 is 13.2 Å². The van der Waals surface area contributed by atoms with Crippen molar-refractivity contribution in [2.75, 3.05) is 44.5 Å². The van der Waals surface area contributed by atoms with Crippen molar-refractivity contribution in [1.82, 2.24) is 14.7 Å². The standard InChI is InChI=1S/C18H27N5O3S/c1-12-10-16(13(2)9-15(12)26-6)27(24,25)20-8-7-19-18-21-14(3)11-17(22-18)23(4)5/h9-11,20H,7-8H2,1-6H3,(H,19,21,22). The molecule has 0 saturated heterocycles. The van der Waals surface area contributed by atoms with Gasteiger partial charge in [0.2, 0.25) is 16.0 Å². The highest BCUT2D eigenvalue weighted by Crippen LogP contribution is 2.25. The molecule has 0 unspecified atom stereocenters. The molecule has 8 nitrogen and oxygen atoms in total. The van der Waals surface area contributed by atoms with E-state index in [2.05, 4.69) is 20.0 Å². The summed E-state index contributed by atoms with van der Waals surface area (Å²) < 4.78 is 33.0. The van der Waals surface area contributed by atoms with Crippen LogP contribution in [-0.2, 0) is 10.0 Å². The van der Waals surface area contributed by atoms with Crippen LogP contribution in [0.5, 0.6) is 5.75 Å².